The van der Waals surface area contributed by atoms with Crippen LogP contribution in [0.2, 0.25) is 0 Å². The van der Waals surface area contributed by atoms with Crippen molar-refractivity contribution < 1.29 is 4.74 Å². The fraction of sp³-hybridized carbons (Fsp3) is 0.571. The Morgan fingerprint density at radius 2 is 1.93 bits per heavy atom. The van der Waals surface area contributed by atoms with E-state index in [2.05, 4.69) is 45.9 Å². The Labute approximate surface area is 93.5 Å². The average Bonchev–Trinajstić information content (AvgIpc) is 2.24. The first kappa shape index (κ1) is 12.1. The van der Waals surface area contributed by atoms with E-state index in [4.69, 9.17) is 4.74 Å². The van der Waals surface area contributed by atoms with Crippen LogP contribution >= 0.6 is 0 Å². The van der Waals surface area contributed by atoms with E-state index in [1.165, 1.54) is 17.5 Å². The molecule has 15 heavy (non-hydrogen) atoms. The van der Waals surface area contributed by atoms with Crippen LogP contribution < -0.4 is 4.74 Å². The van der Waals surface area contributed by atoms with Crippen molar-refractivity contribution in [2.75, 3.05) is 0 Å². The van der Waals surface area contributed by atoms with Gasteiger partial charge in [0.1, 0.15) is 5.75 Å². The summed E-state index contributed by atoms with van der Waals surface area (Å²) in [7, 11) is 0. The van der Waals surface area contributed by atoms with Gasteiger partial charge in [0.25, 0.3) is 0 Å². The van der Waals surface area contributed by atoms with Crippen molar-refractivity contribution in [3.63, 3.8) is 0 Å². The summed E-state index contributed by atoms with van der Waals surface area (Å²) in [6.07, 6.45) is 3.78. The van der Waals surface area contributed by atoms with Crippen LogP contribution in [-0.2, 0) is 0 Å². The van der Waals surface area contributed by atoms with E-state index >= 15 is 0 Å². The lowest BCUT2D eigenvalue weighted by molar-refractivity contribution is 0.184. The number of hydrogen-bond donors (Lipinski definition) is 0. The smallest absolute Gasteiger partial charge is 0.122 e. The minimum Gasteiger partial charge on any atom is -0.490 e. The first-order valence-corrected chi connectivity index (χ1v) is 5.91. The molecule has 0 aliphatic carbocycles. The molecular weight excluding hydrogens is 184 g/mol. The summed E-state index contributed by atoms with van der Waals surface area (Å²) in [5, 5.41) is 0. The second-order valence-electron chi connectivity index (χ2n) is 4.13. The van der Waals surface area contributed by atoms with E-state index in [0.717, 1.165) is 18.6 Å². The third-order valence-corrected chi connectivity index (χ3v) is 2.91. The molecule has 0 saturated heterocycles. The zero-order chi connectivity index (χ0) is 11.3. The Morgan fingerprint density at radius 1 is 1.20 bits per heavy atom. The van der Waals surface area contributed by atoms with Crippen molar-refractivity contribution in [2.45, 2.75) is 53.1 Å². The highest BCUT2D eigenvalue weighted by Crippen LogP contribution is 2.23. The maximum Gasteiger partial charge on any atom is 0.122 e. The van der Waals surface area contributed by atoms with Crippen LogP contribution in [-0.4, -0.2) is 6.10 Å². The summed E-state index contributed by atoms with van der Waals surface area (Å²) in [5.41, 5.74) is 2.57. The van der Waals surface area contributed by atoms with Gasteiger partial charge < -0.3 is 4.74 Å². The van der Waals surface area contributed by atoms with Crippen LogP contribution in [0, 0.1) is 13.8 Å². The molecule has 0 spiro atoms. The highest BCUT2D eigenvalue weighted by Gasteiger charge is 2.09. The Hall–Kier alpha value is -0.980. The standard InChI is InChI=1S/C14H22O/c1-5-8-13(6-2)15-14-10-7-9-11(3)12(14)4/h7,9-10,13H,5-6,8H2,1-4H3. The quantitative estimate of drug-likeness (QED) is 0.699. The largest absolute Gasteiger partial charge is 0.490 e. The van der Waals surface area contributed by atoms with Gasteiger partial charge in [-0.2, -0.15) is 0 Å². The molecule has 1 aromatic rings. The maximum atomic E-state index is 6.02. The van der Waals surface area contributed by atoms with Gasteiger partial charge in [-0.3, -0.25) is 0 Å². The molecular formula is C14H22O. The Bertz CT molecular complexity index is 304. The van der Waals surface area contributed by atoms with E-state index in [0.29, 0.717) is 6.10 Å². The van der Waals surface area contributed by atoms with Crippen molar-refractivity contribution in [1.29, 1.82) is 0 Å². The lowest BCUT2D eigenvalue weighted by Crippen LogP contribution is -2.15. The fourth-order valence-electron chi connectivity index (χ4n) is 1.70. The third-order valence-electron chi connectivity index (χ3n) is 2.91. The lowest BCUT2D eigenvalue weighted by Gasteiger charge is -2.19. The molecule has 1 heteroatoms. The Kier molecular flexibility index (Phi) is 4.67. The van der Waals surface area contributed by atoms with E-state index in [9.17, 15) is 0 Å². The molecule has 0 saturated carbocycles. The van der Waals surface area contributed by atoms with E-state index < -0.39 is 0 Å². The van der Waals surface area contributed by atoms with Crippen LogP contribution in [0.5, 0.6) is 5.75 Å². The monoisotopic (exact) mass is 206 g/mol. The van der Waals surface area contributed by atoms with Gasteiger partial charge in [-0.1, -0.05) is 32.4 Å². The zero-order valence-electron chi connectivity index (χ0n) is 10.3. The lowest BCUT2D eigenvalue weighted by atomic mass is 10.1. The highest BCUT2D eigenvalue weighted by molar-refractivity contribution is 5.38. The second kappa shape index (κ2) is 5.79. The Balaban J connectivity index is 2.74. The number of rotatable bonds is 5. The van der Waals surface area contributed by atoms with Gasteiger partial charge in [-0.15, -0.1) is 0 Å². The molecule has 0 amide bonds. The predicted molar refractivity (Wildman–Crippen MR) is 65.5 cm³/mol. The summed E-state index contributed by atoms with van der Waals surface area (Å²) in [4.78, 5) is 0. The molecule has 84 valence electrons. The Morgan fingerprint density at radius 3 is 2.53 bits per heavy atom. The first-order valence-electron chi connectivity index (χ1n) is 5.91. The third kappa shape index (κ3) is 3.26. The van der Waals surface area contributed by atoms with Gasteiger partial charge in [0.15, 0.2) is 0 Å². The van der Waals surface area contributed by atoms with Crippen LogP contribution in [0.1, 0.15) is 44.2 Å². The predicted octanol–water partition coefficient (Wildman–Crippen LogP) is 4.26. The van der Waals surface area contributed by atoms with Crippen LogP contribution in [0.3, 0.4) is 0 Å². The molecule has 0 N–H and O–H groups in total. The van der Waals surface area contributed by atoms with Crippen LogP contribution in [0.25, 0.3) is 0 Å². The molecule has 0 bridgehead atoms. The normalized spacial score (nSPS) is 12.5. The summed E-state index contributed by atoms with van der Waals surface area (Å²) >= 11 is 0. The minimum atomic E-state index is 0.371. The molecule has 0 fully saturated rings. The number of benzene rings is 1. The molecule has 1 rings (SSSR count). The second-order valence-corrected chi connectivity index (χ2v) is 4.13. The van der Waals surface area contributed by atoms with E-state index in [-0.39, 0.29) is 0 Å². The average molecular weight is 206 g/mol. The fourth-order valence-corrected chi connectivity index (χ4v) is 1.70. The van der Waals surface area contributed by atoms with Crippen molar-refractivity contribution in [2.24, 2.45) is 0 Å². The number of aryl methyl sites for hydroxylation is 1. The summed E-state index contributed by atoms with van der Waals surface area (Å²) in [6, 6.07) is 6.26. The van der Waals surface area contributed by atoms with Gasteiger partial charge in [0.05, 0.1) is 6.10 Å². The SMILES string of the molecule is CCCC(CC)Oc1cccc(C)c1C. The molecule has 0 aliphatic heterocycles. The molecule has 0 aromatic heterocycles. The molecule has 0 aliphatic rings. The first-order chi connectivity index (χ1) is 7.19. The molecule has 1 aromatic carbocycles. The van der Waals surface area contributed by atoms with E-state index in [1.807, 2.05) is 0 Å². The number of hydrogen-bond acceptors (Lipinski definition) is 1. The van der Waals surface area contributed by atoms with Crippen molar-refractivity contribution in [3.05, 3.63) is 29.3 Å². The molecule has 1 nitrogen and oxygen atoms in total. The van der Waals surface area contributed by atoms with Gasteiger partial charge in [0, 0.05) is 0 Å². The van der Waals surface area contributed by atoms with Gasteiger partial charge in [0.2, 0.25) is 0 Å². The highest BCUT2D eigenvalue weighted by atomic mass is 16.5. The molecule has 0 radical (unpaired) electrons. The minimum absolute atomic E-state index is 0.371. The molecule has 1 unspecified atom stereocenters. The molecule has 1 atom stereocenters. The van der Waals surface area contributed by atoms with Gasteiger partial charge in [-0.05, 0) is 43.9 Å². The summed E-state index contributed by atoms with van der Waals surface area (Å²) in [5.74, 6) is 1.05. The molecule has 0 heterocycles. The topological polar surface area (TPSA) is 9.23 Å². The van der Waals surface area contributed by atoms with Crippen LogP contribution in [0.4, 0.5) is 0 Å². The van der Waals surface area contributed by atoms with Crippen LogP contribution in [0.15, 0.2) is 18.2 Å². The van der Waals surface area contributed by atoms with Gasteiger partial charge >= 0.3 is 0 Å². The van der Waals surface area contributed by atoms with Gasteiger partial charge in [-0.25, -0.2) is 0 Å². The van der Waals surface area contributed by atoms with Crippen molar-refractivity contribution in [3.8, 4) is 5.75 Å². The summed E-state index contributed by atoms with van der Waals surface area (Å²) < 4.78 is 6.02. The van der Waals surface area contributed by atoms with Crippen molar-refractivity contribution in [1.82, 2.24) is 0 Å². The van der Waals surface area contributed by atoms with Crippen molar-refractivity contribution >= 4 is 0 Å². The number of ether oxygens (including phenoxy) is 1. The maximum absolute atomic E-state index is 6.02. The zero-order valence-corrected chi connectivity index (χ0v) is 10.3. The van der Waals surface area contributed by atoms with E-state index in [1.54, 1.807) is 0 Å². The summed E-state index contributed by atoms with van der Waals surface area (Å²) in [6.45, 7) is 8.65.